The van der Waals surface area contributed by atoms with Crippen LogP contribution in [-0.4, -0.2) is 48.5 Å². The number of rotatable bonds is 12. The Balaban J connectivity index is 1.42. The van der Waals surface area contributed by atoms with E-state index in [1.165, 1.54) is 12.1 Å². The molecule has 4 aromatic carbocycles. The molecule has 8 nitrogen and oxygen atoms in total. The standard InChI is InChI=1S/C44H48BFN2O6/c1-29(2)41-40(43(50)47-34-15-11-8-12-16-34)39(30-13-9-7-10-14-30)42(31-17-21-33(46)22-18-31)48(41)26-25-36-27-37(28-38(49)52-44(3,4)5)54-45(53-36)32-19-23-35(51-6)24-20-32/h7-24,29,36-37H,25-28H2,1-6H3,(H,47,50). The molecule has 10 heteroatoms. The summed E-state index contributed by atoms with van der Waals surface area (Å²) in [5.74, 6) is -0.277. The van der Waals surface area contributed by atoms with E-state index in [-0.39, 0.29) is 36.1 Å². The second-order valence-electron chi connectivity index (χ2n) is 14.9. The van der Waals surface area contributed by atoms with Crippen LogP contribution in [0.3, 0.4) is 0 Å². The minimum absolute atomic E-state index is 0.0687. The summed E-state index contributed by atoms with van der Waals surface area (Å²) < 4.78 is 40.7. The van der Waals surface area contributed by atoms with E-state index in [0.717, 1.165) is 33.5 Å². The van der Waals surface area contributed by atoms with Crippen LogP contribution in [0.4, 0.5) is 10.1 Å². The molecule has 6 rings (SSSR count). The average molecular weight is 731 g/mol. The van der Waals surface area contributed by atoms with Gasteiger partial charge in [-0.15, -0.1) is 0 Å². The fraction of sp³-hybridized carbons (Fsp3) is 0.318. The molecule has 1 aromatic heterocycles. The number of halogens is 1. The van der Waals surface area contributed by atoms with Crippen LogP contribution in [0.25, 0.3) is 22.4 Å². The molecule has 0 spiro atoms. The number of nitrogens with one attached hydrogen (secondary N) is 1. The molecule has 1 N–H and O–H groups in total. The molecule has 0 aliphatic carbocycles. The van der Waals surface area contributed by atoms with Crippen molar-refractivity contribution in [1.82, 2.24) is 4.57 Å². The number of hydrogen-bond acceptors (Lipinski definition) is 6. The minimum atomic E-state index is -0.722. The third kappa shape index (κ3) is 9.30. The van der Waals surface area contributed by atoms with Crippen LogP contribution in [0.5, 0.6) is 5.75 Å². The van der Waals surface area contributed by atoms with Crippen LogP contribution in [-0.2, 0) is 25.4 Å². The van der Waals surface area contributed by atoms with E-state index in [2.05, 4.69) is 23.7 Å². The zero-order valence-electron chi connectivity index (χ0n) is 31.8. The van der Waals surface area contributed by atoms with Crippen LogP contribution in [0.2, 0.25) is 0 Å². The Hall–Kier alpha value is -5.19. The summed E-state index contributed by atoms with van der Waals surface area (Å²) in [5.41, 5.74) is 5.50. The van der Waals surface area contributed by atoms with Gasteiger partial charge in [-0.3, -0.25) is 9.59 Å². The summed E-state index contributed by atoms with van der Waals surface area (Å²) in [6, 6.07) is 33.2. The average Bonchev–Trinajstić information content (AvgIpc) is 3.50. The van der Waals surface area contributed by atoms with E-state index in [1.807, 2.05) is 106 Å². The Morgan fingerprint density at radius 1 is 0.870 bits per heavy atom. The van der Waals surface area contributed by atoms with E-state index in [9.17, 15) is 14.0 Å². The Labute approximate surface area is 317 Å². The number of nitrogens with zero attached hydrogens (tertiary/aromatic N) is 1. The van der Waals surface area contributed by atoms with Crippen molar-refractivity contribution in [3.05, 3.63) is 126 Å². The van der Waals surface area contributed by atoms with Crippen LogP contribution < -0.4 is 15.5 Å². The summed E-state index contributed by atoms with van der Waals surface area (Å²) in [6.45, 7) is 10.2. The molecule has 1 amide bonds. The molecule has 0 bridgehead atoms. The molecule has 0 saturated carbocycles. The molecule has 5 aromatic rings. The van der Waals surface area contributed by atoms with E-state index in [4.69, 9.17) is 18.8 Å². The Morgan fingerprint density at radius 3 is 2.11 bits per heavy atom. The molecular weight excluding hydrogens is 682 g/mol. The van der Waals surface area contributed by atoms with Gasteiger partial charge in [0.1, 0.15) is 17.2 Å². The van der Waals surface area contributed by atoms with Crippen molar-refractivity contribution in [2.45, 2.75) is 84.2 Å². The fourth-order valence-electron chi connectivity index (χ4n) is 7.07. The van der Waals surface area contributed by atoms with Gasteiger partial charge in [0.25, 0.3) is 5.91 Å². The Kier molecular flexibility index (Phi) is 12.0. The maximum absolute atomic E-state index is 14.5. The predicted molar refractivity (Wildman–Crippen MR) is 212 cm³/mol. The van der Waals surface area contributed by atoms with Gasteiger partial charge in [0.15, 0.2) is 0 Å². The number of benzene rings is 4. The van der Waals surface area contributed by atoms with Gasteiger partial charge in [-0.1, -0.05) is 74.5 Å². The quantitative estimate of drug-likeness (QED) is 0.102. The third-order valence-electron chi connectivity index (χ3n) is 9.32. The summed E-state index contributed by atoms with van der Waals surface area (Å²) in [7, 11) is 0.891. The molecule has 1 aliphatic rings. The molecule has 54 heavy (non-hydrogen) atoms. The maximum atomic E-state index is 14.5. The van der Waals surface area contributed by atoms with Crippen LogP contribution in [0, 0.1) is 5.82 Å². The molecule has 2 heterocycles. The molecule has 0 radical (unpaired) electrons. The lowest BCUT2D eigenvalue weighted by molar-refractivity contribution is -0.157. The minimum Gasteiger partial charge on any atom is -0.497 e. The van der Waals surface area contributed by atoms with Gasteiger partial charge in [0.05, 0.1) is 30.9 Å². The number of esters is 1. The monoisotopic (exact) mass is 730 g/mol. The third-order valence-corrected chi connectivity index (χ3v) is 9.32. The summed E-state index contributed by atoms with van der Waals surface area (Å²) >= 11 is 0. The summed E-state index contributed by atoms with van der Waals surface area (Å²) in [5, 5.41) is 3.14. The van der Waals surface area contributed by atoms with E-state index in [0.29, 0.717) is 36.4 Å². The Morgan fingerprint density at radius 2 is 1.50 bits per heavy atom. The van der Waals surface area contributed by atoms with Crippen molar-refractivity contribution in [2.75, 3.05) is 12.4 Å². The van der Waals surface area contributed by atoms with Crippen LogP contribution in [0.15, 0.2) is 109 Å². The molecule has 2 atom stereocenters. The van der Waals surface area contributed by atoms with Gasteiger partial charge >= 0.3 is 13.1 Å². The lowest BCUT2D eigenvalue weighted by atomic mass is 9.76. The first-order chi connectivity index (χ1) is 25.9. The van der Waals surface area contributed by atoms with Crippen molar-refractivity contribution >= 4 is 30.1 Å². The first kappa shape index (κ1) is 38.5. The van der Waals surface area contributed by atoms with Gasteiger partial charge in [0.2, 0.25) is 0 Å². The van der Waals surface area contributed by atoms with E-state index >= 15 is 0 Å². The highest BCUT2D eigenvalue weighted by Gasteiger charge is 2.38. The van der Waals surface area contributed by atoms with E-state index in [1.54, 1.807) is 19.2 Å². The highest BCUT2D eigenvalue weighted by atomic mass is 19.1. The number of amides is 1. The highest BCUT2D eigenvalue weighted by Crippen LogP contribution is 2.43. The number of carbonyl (C=O) groups excluding carboxylic acids is 2. The number of carbonyl (C=O) groups is 2. The van der Waals surface area contributed by atoms with Gasteiger partial charge in [-0.25, -0.2) is 4.39 Å². The molecule has 1 aliphatic heterocycles. The highest BCUT2D eigenvalue weighted by molar-refractivity contribution is 6.61. The first-order valence-corrected chi connectivity index (χ1v) is 18.5. The molecular formula is C44H48BFN2O6. The Bertz CT molecular complexity index is 2030. The van der Waals surface area contributed by atoms with Gasteiger partial charge in [-0.2, -0.15) is 0 Å². The van der Waals surface area contributed by atoms with Crippen molar-refractivity contribution in [1.29, 1.82) is 0 Å². The summed E-state index contributed by atoms with van der Waals surface area (Å²) in [4.78, 5) is 27.5. The van der Waals surface area contributed by atoms with Crippen molar-refractivity contribution in [2.24, 2.45) is 0 Å². The van der Waals surface area contributed by atoms with Crippen molar-refractivity contribution in [3.63, 3.8) is 0 Å². The predicted octanol–water partition coefficient (Wildman–Crippen LogP) is 9.04. The lowest BCUT2D eigenvalue weighted by Crippen LogP contribution is -2.49. The van der Waals surface area contributed by atoms with Gasteiger partial charge in [0, 0.05) is 29.6 Å². The normalized spacial score (nSPS) is 16.0. The number of anilines is 1. The van der Waals surface area contributed by atoms with Crippen LogP contribution >= 0.6 is 0 Å². The number of hydrogen-bond donors (Lipinski definition) is 1. The molecule has 1 saturated heterocycles. The number of methoxy groups -OCH3 is 1. The number of para-hydroxylation sites is 1. The SMILES string of the molecule is COc1ccc(B2OC(CCn3c(-c4ccc(F)cc4)c(-c4ccccc4)c(C(=O)Nc4ccccc4)c3C(C)C)CC(CC(=O)OC(C)(C)C)O2)cc1. The first-order valence-electron chi connectivity index (χ1n) is 18.5. The zero-order valence-corrected chi connectivity index (χ0v) is 31.8. The summed E-state index contributed by atoms with van der Waals surface area (Å²) in [6.07, 6.45) is 0.306. The molecule has 1 fully saturated rings. The van der Waals surface area contributed by atoms with E-state index < -0.39 is 18.8 Å². The second-order valence-corrected chi connectivity index (χ2v) is 14.9. The van der Waals surface area contributed by atoms with Crippen molar-refractivity contribution in [3.8, 4) is 28.1 Å². The molecule has 280 valence electrons. The maximum Gasteiger partial charge on any atom is 0.494 e. The second kappa shape index (κ2) is 16.9. The fourth-order valence-corrected chi connectivity index (χ4v) is 7.07. The van der Waals surface area contributed by atoms with Gasteiger partial charge < -0.3 is 28.7 Å². The van der Waals surface area contributed by atoms with Crippen molar-refractivity contribution < 1.29 is 32.8 Å². The van der Waals surface area contributed by atoms with Gasteiger partial charge in [-0.05, 0) is 105 Å². The topological polar surface area (TPSA) is 88.0 Å². The zero-order chi connectivity index (χ0) is 38.4. The largest absolute Gasteiger partial charge is 0.497 e. The van der Waals surface area contributed by atoms with Crippen LogP contribution in [0.1, 0.15) is 75.9 Å². The molecule has 2 unspecified atom stereocenters. The number of ether oxygens (including phenoxy) is 2. The number of aromatic nitrogens is 1. The smallest absolute Gasteiger partial charge is 0.494 e. The lowest BCUT2D eigenvalue weighted by Gasteiger charge is -2.35.